The van der Waals surface area contributed by atoms with Crippen molar-refractivity contribution in [2.45, 2.75) is 19.9 Å². The number of rotatable bonds is 7. The molecule has 0 spiro atoms. The summed E-state index contributed by atoms with van der Waals surface area (Å²) in [6.45, 7) is 4.65. The van der Waals surface area contributed by atoms with Gasteiger partial charge in [0.1, 0.15) is 17.3 Å². The summed E-state index contributed by atoms with van der Waals surface area (Å²) in [6.07, 6.45) is 3.19. The first-order chi connectivity index (χ1) is 16.0. The Morgan fingerprint density at radius 3 is 2.33 bits per heavy atom. The van der Waals surface area contributed by atoms with Gasteiger partial charge in [0.05, 0.1) is 24.8 Å². The van der Waals surface area contributed by atoms with Crippen LogP contribution in [0.2, 0.25) is 0 Å². The normalized spacial score (nSPS) is 17.3. The third kappa shape index (κ3) is 4.30. The van der Waals surface area contributed by atoms with Gasteiger partial charge < -0.3 is 14.6 Å². The summed E-state index contributed by atoms with van der Waals surface area (Å²) in [6, 6.07) is 16.4. The third-order valence-corrected chi connectivity index (χ3v) is 5.27. The van der Waals surface area contributed by atoms with E-state index in [9.17, 15) is 14.7 Å². The molecule has 33 heavy (non-hydrogen) atoms. The molecular formula is C26H24N2O5. The van der Waals surface area contributed by atoms with E-state index in [1.165, 1.54) is 4.90 Å². The maximum Gasteiger partial charge on any atom is 0.300 e. The number of amides is 1. The van der Waals surface area contributed by atoms with Gasteiger partial charge in [-0.3, -0.25) is 19.5 Å². The number of pyridine rings is 1. The summed E-state index contributed by atoms with van der Waals surface area (Å²) < 4.78 is 11.1. The highest BCUT2D eigenvalue weighted by Gasteiger charge is 2.47. The molecule has 0 radical (unpaired) electrons. The Balaban J connectivity index is 1.89. The number of anilines is 1. The molecule has 168 valence electrons. The van der Waals surface area contributed by atoms with Gasteiger partial charge in [-0.05, 0) is 49.7 Å². The van der Waals surface area contributed by atoms with Crippen LogP contribution in [0, 0.1) is 0 Å². The second kappa shape index (κ2) is 9.56. The maximum absolute atomic E-state index is 13.2. The highest BCUT2D eigenvalue weighted by atomic mass is 16.5. The van der Waals surface area contributed by atoms with Crippen molar-refractivity contribution in [2.24, 2.45) is 0 Å². The molecule has 4 rings (SSSR count). The predicted molar refractivity (Wildman–Crippen MR) is 124 cm³/mol. The molecule has 0 aliphatic carbocycles. The Morgan fingerprint density at radius 2 is 1.67 bits per heavy atom. The van der Waals surface area contributed by atoms with Crippen LogP contribution in [-0.4, -0.2) is 35.0 Å². The van der Waals surface area contributed by atoms with E-state index in [1.54, 1.807) is 73.1 Å². The standard InChI is InChI=1S/C26H24N2O5/c1-3-32-20-11-5-8-17(14-20)24(29)22-23(18-9-7-13-27-16-18)28(26(31)25(22)30)19-10-6-12-21(15-19)33-4-2/h5-16,23,29H,3-4H2,1-2H3/b24-22+. The van der Waals surface area contributed by atoms with Gasteiger partial charge in [0.15, 0.2) is 0 Å². The van der Waals surface area contributed by atoms with Gasteiger partial charge in [0.25, 0.3) is 11.7 Å². The van der Waals surface area contributed by atoms with Gasteiger partial charge in [-0.2, -0.15) is 0 Å². The first-order valence-electron chi connectivity index (χ1n) is 10.7. The highest BCUT2D eigenvalue weighted by molar-refractivity contribution is 6.51. The fourth-order valence-electron chi connectivity index (χ4n) is 3.90. The van der Waals surface area contributed by atoms with Gasteiger partial charge in [0.2, 0.25) is 0 Å². The van der Waals surface area contributed by atoms with E-state index in [4.69, 9.17) is 9.47 Å². The number of aliphatic hydroxyl groups excluding tert-OH is 1. The minimum absolute atomic E-state index is 0.0107. The number of benzene rings is 2. The SMILES string of the molecule is CCOc1cccc(/C(O)=C2\C(=O)C(=O)N(c3cccc(OCC)c3)C2c2cccnc2)c1. The lowest BCUT2D eigenvalue weighted by Gasteiger charge is -2.25. The fraction of sp³-hybridized carbons (Fsp3) is 0.192. The summed E-state index contributed by atoms with van der Waals surface area (Å²) in [5, 5.41) is 11.2. The second-order valence-electron chi connectivity index (χ2n) is 7.35. The maximum atomic E-state index is 13.2. The van der Waals surface area contributed by atoms with Gasteiger partial charge in [-0.15, -0.1) is 0 Å². The topological polar surface area (TPSA) is 89.0 Å². The predicted octanol–water partition coefficient (Wildman–Crippen LogP) is 4.51. The van der Waals surface area contributed by atoms with Crippen molar-refractivity contribution in [3.8, 4) is 11.5 Å². The van der Waals surface area contributed by atoms with Crippen molar-refractivity contribution in [1.82, 2.24) is 4.98 Å². The minimum atomic E-state index is -0.855. The zero-order chi connectivity index (χ0) is 23.4. The molecule has 1 saturated heterocycles. The van der Waals surface area contributed by atoms with Gasteiger partial charge in [0, 0.05) is 29.7 Å². The monoisotopic (exact) mass is 444 g/mol. The first kappa shape index (κ1) is 22.1. The average molecular weight is 444 g/mol. The number of Topliss-reactive ketones (excluding diaryl/α,β-unsaturated/α-hetero) is 1. The summed E-state index contributed by atoms with van der Waals surface area (Å²) in [5.41, 5.74) is 1.46. The van der Waals surface area contributed by atoms with Crippen LogP contribution in [0.5, 0.6) is 11.5 Å². The molecule has 2 heterocycles. The second-order valence-corrected chi connectivity index (χ2v) is 7.35. The Bertz CT molecular complexity index is 1210. The Hall–Kier alpha value is -4.13. The largest absolute Gasteiger partial charge is 0.507 e. The van der Waals surface area contributed by atoms with E-state index < -0.39 is 17.7 Å². The zero-order valence-corrected chi connectivity index (χ0v) is 18.4. The number of hydrogen-bond donors (Lipinski definition) is 1. The van der Waals surface area contributed by atoms with Crippen molar-refractivity contribution in [3.63, 3.8) is 0 Å². The lowest BCUT2D eigenvalue weighted by atomic mass is 9.96. The molecule has 1 N–H and O–H groups in total. The van der Waals surface area contributed by atoms with Crippen molar-refractivity contribution >= 4 is 23.1 Å². The molecule has 1 atom stereocenters. The van der Waals surface area contributed by atoms with Crippen molar-refractivity contribution in [1.29, 1.82) is 0 Å². The van der Waals surface area contributed by atoms with E-state index in [0.717, 1.165) is 0 Å². The van der Waals surface area contributed by atoms with Crippen molar-refractivity contribution < 1.29 is 24.2 Å². The van der Waals surface area contributed by atoms with Crippen LogP contribution in [0.3, 0.4) is 0 Å². The summed E-state index contributed by atoms with van der Waals surface area (Å²) in [7, 11) is 0. The Kier molecular flexibility index (Phi) is 6.40. The van der Waals surface area contributed by atoms with Gasteiger partial charge in [-0.25, -0.2) is 0 Å². The molecule has 0 saturated carbocycles. The lowest BCUT2D eigenvalue weighted by Crippen LogP contribution is -2.29. The fourth-order valence-corrected chi connectivity index (χ4v) is 3.90. The lowest BCUT2D eigenvalue weighted by molar-refractivity contribution is -0.132. The number of aromatic nitrogens is 1. The van der Waals surface area contributed by atoms with E-state index >= 15 is 0 Å². The van der Waals surface area contributed by atoms with Crippen LogP contribution in [0.1, 0.15) is 31.0 Å². The van der Waals surface area contributed by atoms with Crippen LogP contribution in [0.4, 0.5) is 5.69 Å². The number of nitrogens with zero attached hydrogens (tertiary/aromatic N) is 2. The smallest absolute Gasteiger partial charge is 0.300 e. The molecule has 7 nitrogen and oxygen atoms in total. The zero-order valence-electron chi connectivity index (χ0n) is 18.4. The van der Waals surface area contributed by atoms with Gasteiger partial charge >= 0.3 is 0 Å². The van der Waals surface area contributed by atoms with E-state index in [0.29, 0.717) is 41.5 Å². The number of carbonyl (C=O) groups excluding carboxylic acids is 2. The molecule has 2 aromatic carbocycles. The molecule has 7 heteroatoms. The first-order valence-corrected chi connectivity index (χ1v) is 10.7. The minimum Gasteiger partial charge on any atom is -0.507 e. The Morgan fingerprint density at radius 1 is 0.970 bits per heavy atom. The number of carbonyl (C=O) groups is 2. The molecule has 1 aromatic heterocycles. The van der Waals surface area contributed by atoms with Crippen molar-refractivity contribution in [3.05, 3.63) is 89.8 Å². The van der Waals surface area contributed by atoms with Gasteiger partial charge in [-0.1, -0.05) is 24.3 Å². The van der Waals surface area contributed by atoms with Crippen molar-refractivity contribution in [2.75, 3.05) is 18.1 Å². The Labute approximate surface area is 191 Å². The average Bonchev–Trinajstić information content (AvgIpc) is 3.10. The third-order valence-electron chi connectivity index (χ3n) is 5.27. The molecule has 1 fully saturated rings. The van der Waals surface area contributed by atoms with Crippen LogP contribution >= 0.6 is 0 Å². The molecule has 1 aliphatic heterocycles. The van der Waals surface area contributed by atoms with E-state index in [1.807, 2.05) is 13.8 Å². The molecule has 3 aromatic rings. The number of hydrogen-bond acceptors (Lipinski definition) is 6. The summed E-state index contributed by atoms with van der Waals surface area (Å²) in [5.74, 6) is -0.651. The van der Waals surface area contributed by atoms with E-state index in [2.05, 4.69) is 4.98 Å². The molecule has 1 amide bonds. The van der Waals surface area contributed by atoms with E-state index in [-0.39, 0.29) is 11.3 Å². The number of aliphatic hydroxyl groups is 1. The van der Waals surface area contributed by atoms with Crippen LogP contribution in [-0.2, 0) is 9.59 Å². The number of ketones is 1. The quantitative estimate of drug-likeness (QED) is 0.328. The summed E-state index contributed by atoms with van der Waals surface area (Å²) >= 11 is 0. The van der Waals surface area contributed by atoms with Crippen LogP contribution < -0.4 is 14.4 Å². The molecular weight excluding hydrogens is 420 g/mol. The summed E-state index contributed by atoms with van der Waals surface area (Å²) in [4.78, 5) is 32.0. The molecule has 1 aliphatic rings. The number of ether oxygens (including phenoxy) is 2. The van der Waals surface area contributed by atoms with Crippen LogP contribution in [0.25, 0.3) is 5.76 Å². The molecule has 0 bridgehead atoms. The molecule has 1 unspecified atom stereocenters. The van der Waals surface area contributed by atoms with Crippen LogP contribution in [0.15, 0.2) is 78.6 Å². The highest BCUT2D eigenvalue weighted by Crippen LogP contribution is 2.42.